The van der Waals surface area contributed by atoms with Crippen molar-refractivity contribution in [2.75, 3.05) is 18.0 Å². The van der Waals surface area contributed by atoms with Gasteiger partial charge >= 0.3 is 0 Å². The van der Waals surface area contributed by atoms with E-state index >= 15 is 0 Å². The number of carbonyl (C=O) groups is 2. The van der Waals surface area contributed by atoms with Crippen molar-refractivity contribution in [1.29, 1.82) is 0 Å². The fourth-order valence-electron chi connectivity index (χ4n) is 2.83. The Bertz CT molecular complexity index is 741. The number of anilines is 1. The van der Waals surface area contributed by atoms with Crippen molar-refractivity contribution in [1.82, 2.24) is 5.32 Å². The molecule has 2 aromatic carbocycles. The van der Waals surface area contributed by atoms with Gasteiger partial charge in [0.05, 0.1) is 0 Å². The quantitative estimate of drug-likeness (QED) is 0.925. The lowest BCUT2D eigenvalue weighted by molar-refractivity contribution is -0.117. The van der Waals surface area contributed by atoms with Gasteiger partial charge in [-0.05, 0) is 43.3 Å². The Hall–Kier alpha value is -2.33. The topological polar surface area (TPSA) is 49.4 Å². The molecule has 1 heterocycles. The van der Waals surface area contributed by atoms with Gasteiger partial charge in [0, 0.05) is 41.7 Å². The number of aryl methyl sites for hydroxylation is 1. The van der Waals surface area contributed by atoms with Crippen LogP contribution < -0.4 is 10.2 Å². The first-order valence-corrected chi connectivity index (χ1v) is 8.31. The molecule has 0 aliphatic carbocycles. The molecular weight excluding hydrogens is 324 g/mol. The Balaban J connectivity index is 1.57. The number of carbonyl (C=O) groups excluding carboxylic acids is 2. The summed E-state index contributed by atoms with van der Waals surface area (Å²) in [6, 6.07) is 14.7. The summed E-state index contributed by atoms with van der Waals surface area (Å²) in [5.74, 6) is 0.0764. The maximum absolute atomic E-state index is 12.2. The van der Waals surface area contributed by atoms with E-state index in [1.807, 2.05) is 31.2 Å². The summed E-state index contributed by atoms with van der Waals surface area (Å²) in [7, 11) is 0. The van der Waals surface area contributed by atoms with E-state index in [1.165, 1.54) is 0 Å². The van der Waals surface area contributed by atoms with Gasteiger partial charge in [-0.25, -0.2) is 0 Å². The van der Waals surface area contributed by atoms with Crippen LogP contribution in [-0.4, -0.2) is 24.9 Å². The fraction of sp³-hybridized carbons (Fsp3) is 0.263. The van der Waals surface area contributed by atoms with Crippen molar-refractivity contribution in [2.45, 2.75) is 13.3 Å². The number of nitrogens with zero attached hydrogens (tertiary/aromatic N) is 1. The molecular formula is C19H19ClN2O2. The van der Waals surface area contributed by atoms with E-state index in [2.05, 4.69) is 5.32 Å². The molecule has 0 spiro atoms. The molecule has 1 aliphatic rings. The van der Waals surface area contributed by atoms with Gasteiger partial charge in [-0.3, -0.25) is 9.59 Å². The number of amides is 2. The highest BCUT2D eigenvalue weighted by Crippen LogP contribution is 2.25. The molecule has 1 aliphatic heterocycles. The molecule has 24 heavy (non-hydrogen) atoms. The zero-order chi connectivity index (χ0) is 17.1. The van der Waals surface area contributed by atoms with E-state index in [1.54, 1.807) is 29.2 Å². The minimum absolute atomic E-state index is 0.101. The van der Waals surface area contributed by atoms with Gasteiger partial charge < -0.3 is 10.2 Å². The minimum Gasteiger partial charge on any atom is -0.352 e. The molecule has 0 saturated carbocycles. The second kappa shape index (κ2) is 7.05. The molecule has 1 atom stereocenters. The van der Waals surface area contributed by atoms with E-state index in [0.717, 1.165) is 11.3 Å². The first-order valence-electron chi connectivity index (χ1n) is 7.94. The summed E-state index contributed by atoms with van der Waals surface area (Å²) in [5, 5.41) is 3.50. The Kier molecular flexibility index (Phi) is 4.86. The molecule has 1 fully saturated rings. The highest BCUT2D eigenvalue weighted by Gasteiger charge is 2.30. The Morgan fingerprint density at radius 1 is 1.17 bits per heavy atom. The molecule has 1 saturated heterocycles. The van der Waals surface area contributed by atoms with Crippen molar-refractivity contribution >= 4 is 29.1 Å². The van der Waals surface area contributed by atoms with Gasteiger partial charge in [-0.1, -0.05) is 29.3 Å². The predicted molar refractivity (Wildman–Crippen MR) is 95.4 cm³/mol. The van der Waals surface area contributed by atoms with Gasteiger partial charge in [0.2, 0.25) is 5.91 Å². The normalized spacial score (nSPS) is 17.2. The standard InChI is InChI=1S/C19H19ClN2O2/c1-13-2-8-17(9-3-13)22-12-14(10-18(22)23)11-21-19(24)15-4-6-16(20)7-5-15/h2-9,14H,10-12H2,1H3,(H,21,24)/t14-/m1/s1. The molecule has 0 radical (unpaired) electrons. The van der Waals surface area contributed by atoms with Crippen molar-refractivity contribution in [3.05, 3.63) is 64.7 Å². The number of hydrogen-bond acceptors (Lipinski definition) is 2. The van der Waals surface area contributed by atoms with Crippen LogP contribution in [0.25, 0.3) is 0 Å². The third kappa shape index (κ3) is 3.77. The van der Waals surface area contributed by atoms with Crippen LogP contribution in [0.1, 0.15) is 22.3 Å². The van der Waals surface area contributed by atoms with E-state index in [4.69, 9.17) is 11.6 Å². The van der Waals surface area contributed by atoms with E-state index < -0.39 is 0 Å². The lowest BCUT2D eigenvalue weighted by Gasteiger charge is -2.17. The summed E-state index contributed by atoms with van der Waals surface area (Å²) in [4.78, 5) is 26.1. The first-order chi connectivity index (χ1) is 11.5. The van der Waals surface area contributed by atoms with E-state index in [9.17, 15) is 9.59 Å². The van der Waals surface area contributed by atoms with Gasteiger partial charge in [0.25, 0.3) is 5.91 Å². The summed E-state index contributed by atoms with van der Waals surface area (Å²) < 4.78 is 0. The lowest BCUT2D eigenvalue weighted by atomic mass is 10.1. The molecule has 2 aromatic rings. The molecule has 0 unspecified atom stereocenters. The molecule has 1 N–H and O–H groups in total. The van der Waals surface area contributed by atoms with E-state index in [-0.39, 0.29) is 17.7 Å². The molecule has 5 heteroatoms. The van der Waals surface area contributed by atoms with Crippen molar-refractivity contribution < 1.29 is 9.59 Å². The van der Waals surface area contributed by atoms with Gasteiger partial charge in [0.1, 0.15) is 0 Å². The summed E-state index contributed by atoms with van der Waals surface area (Å²) in [6.45, 7) is 3.13. The van der Waals surface area contributed by atoms with Gasteiger partial charge in [-0.15, -0.1) is 0 Å². The van der Waals surface area contributed by atoms with Crippen LogP contribution in [0.15, 0.2) is 48.5 Å². The number of hydrogen-bond donors (Lipinski definition) is 1. The molecule has 2 amide bonds. The molecule has 0 bridgehead atoms. The number of rotatable bonds is 4. The number of halogens is 1. The van der Waals surface area contributed by atoms with Crippen LogP contribution in [0.5, 0.6) is 0 Å². The first kappa shape index (κ1) is 16.5. The lowest BCUT2D eigenvalue weighted by Crippen LogP contribution is -2.31. The summed E-state index contributed by atoms with van der Waals surface area (Å²) >= 11 is 5.82. The molecule has 0 aromatic heterocycles. The second-order valence-electron chi connectivity index (χ2n) is 6.13. The zero-order valence-corrected chi connectivity index (χ0v) is 14.2. The zero-order valence-electron chi connectivity index (χ0n) is 13.5. The van der Waals surface area contributed by atoms with Crippen LogP contribution in [0, 0.1) is 12.8 Å². The Labute approximate surface area is 146 Å². The smallest absolute Gasteiger partial charge is 0.251 e. The largest absolute Gasteiger partial charge is 0.352 e. The maximum atomic E-state index is 12.2. The molecule has 3 rings (SSSR count). The summed E-state index contributed by atoms with van der Waals surface area (Å²) in [5.41, 5.74) is 2.65. The molecule has 124 valence electrons. The van der Waals surface area contributed by atoms with Gasteiger partial charge in [-0.2, -0.15) is 0 Å². The number of nitrogens with one attached hydrogen (secondary N) is 1. The monoisotopic (exact) mass is 342 g/mol. The third-order valence-electron chi connectivity index (χ3n) is 4.21. The average molecular weight is 343 g/mol. The van der Waals surface area contributed by atoms with Crippen LogP contribution >= 0.6 is 11.6 Å². The number of benzene rings is 2. The SMILES string of the molecule is Cc1ccc(N2C[C@@H](CNC(=O)c3ccc(Cl)cc3)CC2=O)cc1. The van der Waals surface area contributed by atoms with Crippen LogP contribution in [-0.2, 0) is 4.79 Å². The Morgan fingerprint density at radius 2 is 1.83 bits per heavy atom. The summed E-state index contributed by atoms with van der Waals surface area (Å²) in [6.07, 6.45) is 0.453. The highest BCUT2D eigenvalue weighted by molar-refractivity contribution is 6.30. The maximum Gasteiger partial charge on any atom is 0.251 e. The van der Waals surface area contributed by atoms with Crippen molar-refractivity contribution in [3.8, 4) is 0 Å². The van der Waals surface area contributed by atoms with Crippen LogP contribution in [0.4, 0.5) is 5.69 Å². The average Bonchev–Trinajstić information content (AvgIpc) is 2.95. The van der Waals surface area contributed by atoms with Crippen molar-refractivity contribution in [3.63, 3.8) is 0 Å². The second-order valence-corrected chi connectivity index (χ2v) is 6.56. The third-order valence-corrected chi connectivity index (χ3v) is 4.46. The minimum atomic E-state index is -0.145. The van der Waals surface area contributed by atoms with Crippen molar-refractivity contribution in [2.24, 2.45) is 5.92 Å². The fourth-order valence-corrected chi connectivity index (χ4v) is 2.96. The Morgan fingerprint density at radius 3 is 2.50 bits per heavy atom. The predicted octanol–water partition coefficient (Wildman–Crippen LogP) is 3.43. The molecule has 4 nitrogen and oxygen atoms in total. The van der Waals surface area contributed by atoms with Gasteiger partial charge in [0.15, 0.2) is 0 Å². The highest BCUT2D eigenvalue weighted by atomic mass is 35.5. The van der Waals surface area contributed by atoms with E-state index in [0.29, 0.717) is 30.1 Å². The van der Waals surface area contributed by atoms with Crippen LogP contribution in [0.2, 0.25) is 5.02 Å². The van der Waals surface area contributed by atoms with Crippen LogP contribution in [0.3, 0.4) is 0 Å².